The standard InChI is InChI=1S/C13H15F4NO3S/c14-10-5-11(7-19)18(6-10)22(20,21)8-9-3-1-2-4-12(9)13(15,16)17/h1-4,10-11,19H,5-8H2/t10-,11-/m0/s1. The molecule has 1 aromatic carbocycles. The van der Waals surface area contributed by atoms with Gasteiger partial charge in [-0.1, -0.05) is 18.2 Å². The molecule has 1 fully saturated rings. The lowest BCUT2D eigenvalue weighted by molar-refractivity contribution is -0.138. The van der Waals surface area contributed by atoms with Crippen molar-refractivity contribution in [1.82, 2.24) is 4.31 Å². The van der Waals surface area contributed by atoms with Crippen LogP contribution in [0.4, 0.5) is 17.6 Å². The second-order valence-corrected chi connectivity index (χ2v) is 7.07. The molecular formula is C13H15F4NO3S. The summed E-state index contributed by atoms with van der Waals surface area (Å²) in [7, 11) is -4.16. The predicted molar refractivity (Wildman–Crippen MR) is 71.2 cm³/mol. The largest absolute Gasteiger partial charge is 0.416 e. The maximum absolute atomic E-state index is 13.4. The lowest BCUT2D eigenvalue weighted by atomic mass is 10.1. The Bertz CT molecular complexity index is 632. The first-order valence-corrected chi connectivity index (χ1v) is 8.15. The molecule has 1 heterocycles. The lowest BCUT2D eigenvalue weighted by Crippen LogP contribution is -2.38. The Morgan fingerprint density at radius 2 is 1.91 bits per heavy atom. The Labute approximate surface area is 125 Å². The minimum absolute atomic E-state index is 0.156. The van der Waals surface area contributed by atoms with Gasteiger partial charge < -0.3 is 5.11 Å². The summed E-state index contributed by atoms with van der Waals surface area (Å²) in [6.45, 7) is -1.01. The average Bonchev–Trinajstić information content (AvgIpc) is 2.80. The fourth-order valence-corrected chi connectivity index (χ4v) is 4.35. The molecule has 2 rings (SSSR count). The van der Waals surface area contributed by atoms with Gasteiger partial charge in [-0.05, 0) is 18.1 Å². The summed E-state index contributed by atoms with van der Waals surface area (Å²) in [5, 5.41) is 9.11. The van der Waals surface area contributed by atoms with Crippen molar-refractivity contribution in [3.63, 3.8) is 0 Å². The molecule has 0 aromatic heterocycles. The van der Waals surface area contributed by atoms with Crippen LogP contribution in [-0.2, 0) is 22.0 Å². The summed E-state index contributed by atoms with van der Waals surface area (Å²) in [4.78, 5) is 0. The number of rotatable bonds is 4. The molecule has 1 aliphatic heterocycles. The van der Waals surface area contributed by atoms with Gasteiger partial charge in [0.25, 0.3) is 0 Å². The van der Waals surface area contributed by atoms with Crippen LogP contribution < -0.4 is 0 Å². The summed E-state index contributed by atoms with van der Waals surface area (Å²) in [6.07, 6.45) is -6.25. The van der Waals surface area contributed by atoms with Gasteiger partial charge in [-0.25, -0.2) is 12.8 Å². The molecule has 1 aliphatic rings. The summed E-state index contributed by atoms with van der Waals surface area (Å²) in [6, 6.07) is 3.43. The molecule has 22 heavy (non-hydrogen) atoms. The van der Waals surface area contributed by atoms with Gasteiger partial charge in [0, 0.05) is 6.54 Å². The third-order valence-electron chi connectivity index (χ3n) is 3.54. The molecule has 4 nitrogen and oxygen atoms in total. The molecule has 1 aromatic rings. The van der Waals surface area contributed by atoms with Crippen molar-refractivity contribution in [2.45, 2.75) is 30.6 Å². The van der Waals surface area contributed by atoms with Crippen LogP contribution in [0.1, 0.15) is 17.5 Å². The highest BCUT2D eigenvalue weighted by molar-refractivity contribution is 7.88. The van der Waals surface area contributed by atoms with Crippen molar-refractivity contribution in [2.75, 3.05) is 13.2 Å². The highest BCUT2D eigenvalue weighted by Gasteiger charge is 2.41. The van der Waals surface area contributed by atoms with Crippen LogP contribution in [0.3, 0.4) is 0 Å². The van der Waals surface area contributed by atoms with Gasteiger partial charge >= 0.3 is 6.18 Å². The van der Waals surface area contributed by atoms with Crippen LogP contribution in [-0.4, -0.2) is 43.2 Å². The zero-order chi connectivity index (χ0) is 16.5. The molecule has 0 saturated carbocycles. The van der Waals surface area contributed by atoms with E-state index in [1.807, 2.05) is 0 Å². The number of alkyl halides is 4. The van der Waals surface area contributed by atoms with Gasteiger partial charge in [-0.3, -0.25) is 0 Å². The van der Waals surface area contributed by atoms with Crippen molar-refractivity contribution < 1.29 is 31.1 Å². The quantitative estimate of drug-likeness (QED) is 0.852. The van der Waals surface area contributed by atoms with Crippen LogP contribution in [0.25, 0.3) is 0 Å². The number of halogens is 4. The fourth-order valence-electron chi connectivity index (χ4n) is 2.54. The summed E-state index contributed by atoms with van der Waals surface area (Å²) in [5.74, 6) is -0.883. The van der Waals surface area contributed by atoms with E-state index in [9.17, 15) is 26.0 Å². The van der Waals surface area contributed by atoms with E-state index in [4.69, 9.17) is 5.11 Å². The van der Waals surface area contributed by atoms with Crippen molar-refractivity contribution in [3.05, 3.63) is 35.4 Å². The molecule has 1 N–H and O–H groups in total. The van der Waals surface area contributed by atoms with Crippen molar-refractivity contribution in [2.24, 2.45) is 0 Å². The van der Waals surface area contributed by atoms with Gasteiger partial charge in [-0.15, -0.1) is 0 Å². The van der Waals surface area contributed by atoms with Gasteiger partial charge in [0.15, 0.2) is 0 Å². The van der Waals surface area contributed by atoms with Crippen molar-refractivity contribution in [1.29, 1.82) is 0 Å². The minimum Gasteiger partial charge on any atom is -0.395 e. The molecule has 0 unspecified atom stereocenters. The van der Waals surface area contributed by atoms with E-state index in [1.54, 1.807) is 0 Å². The smallest absolute Gasteiger partial charge is 0.395 e. The Morgan fingerprint density at radius 3 is 2.50 bits per heavy atom. The number of benzene rings is 1. The Kier molecular flexibility index (Phi) is 4.78. The maximum Gasteiger partial charge on any atom is 0.416 e. The number of sulfonamides is 1. The predicted octanol–water partition coefficient (Wildman–Crippen LogP) is 1.94. The molecule has 0 spiro atoms. The van der Waals surface area contributed by atoms with Crippen molar-refractivity contribution in [3.8, 4) is 0 Å². The van der Waals surface area contributed by atoms with Crippen LogP contribution >= 0.6 is 0 Å². The Morgan fingerprint density at radius 1 is 1.27 bits per heavy atom. The van der Waals surface area contributed by atoms with E-state index in [1.165, 1.54) is 12.1 Å². The first-order chi connectivity index (χ1) is 10.1. The highest BCUT2D eigenvalue weighted by atomic mass is 32.2. The molecule has 1 saturated heterocycles. The molecule has 124 valence electrons. The molecule has 9 heteroatoms. The van der Waals surface area contributed by atoms with Crippen LogP contribution in [0, 0.1) is 0 Å². The molecule has 0 aliphatic carbocycles. The van der Waals surface area contributed by atoms with E-state index >= 15 is 0 Å². The van der Waals surface area contributed by atoms with Gasteiger partial charge in [0.1, 0.15) is 6.17 Å². The van der Waals surface area contributed by atoms with Gasteiger partial charge in [-0.2, -0.15) is 17.5 Å². The first kappa shape index (κ1) is 17.2. The Hall–Kier alpha value is -1.19. The minimum atomic E-state index is -4.67. The number of hydrogen-bond acceptors (Lipinski definition) is 3. The van der Waals surface area contributed by atoms with E-state index < -0.39 is 58.4 Å². The number of nitrogens with zero attached hydrogens (tertiary/aromatic N) is 1. The van der Waals surface area contributed by atoms with Crippen LogP contribution in [0.15, 0.2) is 24.3 Å². The van der Waals surface area contributed by atoms with E-state index in [0.29, 0.717) is 0 Å². The maximum atomic E-state index is 13.4. The molecule has 2 atom stereocenters. The van der Waals surface area contributed by atoms with Gasteiger partial charge in [0.05, 0.1) is 24.0 Å². The van der Waals surface area contributed by atoms with E-state index in [-0.39, 0.29) is 6.42 Å². The van der Waals surface area contributed by atoms with E-state index in [0.717, 1.165) is 16.4 Å². The summed E-state index contributed by atoms with van der Waals surface area (Å²) >= 11 is 0. The van der Waals surface area contributed by atoms with Gasteiger partial charge in [0.2, 0.25) is 10.0 Å². The second-order valence-electron chi connectivity index (χ2n) is 5.15. The van der Waals surface area contributed by atoms with Crippen LogP contribution in [0.2, 0.25) is 0 Å². The molecular weight excluding hydrogens is 326 g/mol. The van der Waals surface area contributed by atoms with Crippen molar-refractivity contribution >= 4 is 10.0 Å². The fraction of sp³-hybridized carbons (Fsp3) is 0.538. The SMILES string of the molecule is O=S(=O)(Cc1ccccc1C(F)(F)F)N1C[C@@H](F)C[C@H]1CO. The summed E-state index contributed by atoms with van der Waals surface area (Å²) in [5.41, 5.74) is -1.43. The van der Waals surface area contributed by atoms with Crippen LogP contribution in [0.5, 0.6) is 0 Å². The lowest BCUT2D eigenvalue weighted by Gasteiger charge is -2.23. The highest BCUT2D eigenvalue weighted by Crippen LogP contribution is 2.34. The number of aliphatic hydroxyl groups excluding tert-OH is 1. The van der Waals surface area contributed by atoms with E-state index in [2.05, 4.69) is 0 Å². The monoisotopic (exact) mass is 341 g/mol. The second kappa shape index (κ2) is 6.13. The average molecular weight is 341 g/mol. The molecule has 0 amide bonds. The normalized spacial score (nSPS) is 23.9. The Balaban J connectivity index is 2.30. The number of aliphatic hydroxyl groups is 1. The molecule has 0 radical (unpaired) electrons. The number of hydrogen-bond donors (Lipinski definition) is 1. The zero-order valence-corrected chi connectivity index (χ0v) is 12.2. The zero-order valence-electron chi connectivity index (χ0n) is 11.4. The molecule has 0 bridgehead atoms. The third kappa shape index (κ3) is 3.58. The third-order valence-corrected chi connectivity index (χ3v) is 5.38. The first-order valence-electron chi connectivity index (χ1n) is 6.54. The topological polar surface area (TPSA) is 57.6 Å². The summed E-state index contributed by atoms with van der Waals surface area (Å²) < 4.78 is 77.4.